The first-order valence-corrected chi connectivity index (χ1v) is 10.6. The number of hydrogen-bond acceptors (Lipinski definition) is 6. The number of hydrogen-bond donors (Lipinski definition) is 0. The molecule has 0 N–H and O–H groups in total. The molecule has 2 heterocycles. The van der Waals surface area contributed by atoms with E-state index in [1.54, 1.807) is 42.5 Å². The molecule has 8 heteroatoms. The van der Waals surface area contributed by atoms with E-state index in [4.69, 9.17) is 9.15 Å². The molecule has 3 aromatic carbocycles. The minimum absolute atomic E-state index is 0.0620. The number of non-ortho nitro benzene ring substituents is 1. The number of nitrogens with zero attached hydrogens (tertiary/aromatic N) is 2. The molecular weight excluding hydrogens is 436 g/mol. The van der Waals surface area contributed by atoms with Crippen LogP contribution in [0.1, 0.15) is 38.9 Å². The average Bonchev–Trinajstić information content (AvgIpc) is 3.13. The maximum Gasteiger partial charge on any atom is 0.295 e. The summed E-state index contributed by atoms with van der Waals surface area (Å²) >= 11 is 0. The number of carbonyl (C=O) groups is 1. The van der Waals surface area contributed by atoms with Crippen molar-refractivity contribution in [2.75, 3.05) is 12.0 Å². The number of benzene rings is 3. The van der Waals surface area contributed by atoms with E-state index >= 15 is 0 Å². The third kappa shape index (κ3) is 3.23. The highest BCUT2D eigenvalue weighted by Gasteiger charge is 2.44. The number of nitro benzene ring substituents is 1. The van der Waals surface area contributed by atoms with Gasteiger partial charge in [0.2, 0.25) is 5.76 Å². The lowest BCUT2D eigenvalue weighted by Gasteiger charge is -2.25. The smallest absolute Gasteiger partial charge is 0.295 e. The zero-order valence-electron chi connectivity index (χ0n) is 18.7. The van der Waals surface area contributed by atoms with Gasteiger partial charge in [0.05, 0.1) is 29.0 Å². The standard InChI is InChI=1S/C26H20N2O6/c1-14-11-20-21(12-15(14)2)34-25-22(24(20)29)23(16-5-4-6-18(13-16)28(31)32)27(26(25)30)17-7-9-19(33-3)10-8-17/h4-13,23H,1-3H3/t23-/m0/s1. The Bertz CT molecular complexity index is 1540. The van der Waals surface area contributed by atoms with Crippen molar-refractivity contribution < 1.29 is 18.9 Å². The molecular formula is C26H20N2O6. The summed E-state index contributed by atoms with van der Waals surface area (Å²) in [6.07, 6.45) is 0. The van der Waals surface area contributed by atoms with Gasteiger partial charge in [-0.1, -0.05) is 12.1 Å². The molecule has 0 bridgehead atoms. The number of fused-ring (bicyclic) bond motifs is 2. The van der Waals surface area contributed by atoms with Crippen molar-refractivity contribution >= 4 is 28.3 Å². The van der Waals surface area contributed by atoms with Gasteiger partial charge in [0.1, 0.15) is 11.3 Å². The number of aryl methyl sites for hydroxylation is 2. The third-order valence-electron chi connectivity index (χ3n) is 6.23. The molecule has 1 amide bonds. The predicted octanol–water partition coefficient (Wildman–Crippen LogP) is 5.08. The molecule has 8 nitrogen and oxygen atoms in total. The maximum absolute atomic E-state index is 13.7. The minimum Gasteiger partial charge on any atom is -0.497 e. The van der Waals surface area contributed by atoms with Gasteiger partial charge in [-0.05, 0) is 66.9 Å². The van der Waals surface area contributed by atoms with Crippen molar-refractivity contribution in [2.24, 2.45) is 0 Å². The van der Waals surface area contributed by atoms with Gasteiger partial charge in [-0.3, -0.25) is 24.6 Å². The highest BCUT2D eigenvalue weighted by molar-refractivity contribution is 6.10. The summed E-state index contributed by atoms with van der Waals surface area (Å²) in [5, 5.41) is 11.8. The Hall–Kier alpha value is -4.46. The Balaban J connectivity index is 1.81. The second-order valence-electron chi connectivity index (χ2n) is 8.23. The number of carbonyl (C=O) groups excluding carboxylic acids is 1. The van der Waals surface area contributed by atoms with E-state index in [9.17, 15) is 19.7 Å². The third-order valence-corrected chi connectivity index (χ3v) is 6.23. The molecule has 0 fully saturated rings. The van der Waals surface area contributed by atoms with Crippen LogP contribution in [0.25, 0.3) is 11.0 Å². The number of nitro groups is 1. The van der Waals surface area contributed by atoms with E-state index in [-0.39, 0.29) is 22.4 Å². The quantitative estimate of drug-likeness (QED) is 0.314. The van der Waals surface area contributed by atoms with Crippen LogP contribution in [-0.2, 0) is 0 Å². The first-order valence-electron chi connectivity index (χ1n) is 10.6. The SMILES string of the molecule is COc1ccc(N2C(=O)c3oc4cc(C)c(C)cc4c(=O)c3[C@@H]2c2cccc([N+](=O)[O-])c2)cc1. The summed E-state index contributed by atoms with van der Waals surface area (Å²) in [6.45, 7) is 3.80. The number of ether oxygens (including phenoxy) is 1. The van der Waals surface area contributed by atoms with E-state index in [2.05, 4.69) is 0 Å². The number of amides is 1. The second-order valence-corrected chi connectivity index (χ2v) is 8.23. The molecule has 170 valence electrons. The van der Waals surface area contributed by atoms with Crippen LogP contribution in [0.4, 0.5) is 11.4 Å². The molecule has 0 saturated carbocycles. The van der Waals surface area contributed by atoms with Crippen LogP contribution >= 0.6 is 0 Å². The van der Waals surface area contributed by atoms with Gasteiger partial charge >= 0.3 is 0 Å². The zero-order chi connectivity index (χ0) is 24.1. The van der Waals surface area contributed by atoms with E-state index in [1.165, 1.54) is 30.2 Å². The molecule has 1 aliphatic rings. The Morgan fingerprint density at radius 2 is 1.71 bits per heavy atom. The van der Waals surface area contributed by atoms with Gasteiger partial charge < -0.3 is 9.15 Å². The van der Waals surface area contributed by atoms with Crippen molar-refractivity contribution in [2.45, 2.75) is 19.9 Å². The maximum atomic E-state index is 13.7. The Morgan fingerprint density at radius 3 is 2.38 bits per heavy atom. The van der Waals surface area contributed by atoms with Gasteiger partial charge in [0.25, 0.3) is 11.6 Å². The Kier molecular flexibility index (Phi) is 4.93. The van der Waals surface area contributed by atoms with Crippen molar-refractivity contribution in [1.29, 1.82) is 0 Å². The Labute approximate surface area is 194 Å². The van der Waals surface area contributed by atoms with Crippen LogP contribution in [0.3, 0.4) is 0 Å². The monoisotopic (exact) mass is 456 g/mol. The van der Waals surface area contributed by atoms with Crippen LogP contribution in [0.5, 0.6) is 5.75 Å². The van der Waals surface area contributed by atoms with E-state index in [1.807, 2.05) is 13.8 Å². The summed E-state index contributed by atoms with van der Waals surface area (Å²) in [4.78, 5) is 39.7. The van der Waals surface area contributed by atoms with Crippen molar-refractivity contribution in [3.05, 3.63) is 109 Å². The number of rotatable bonds is 4. The molecule has 0 aliphatic carbocycles. The average molecular weight is 456 g/mol. The first-order chi connectivity index (χ1) is 16.3. The molecule has 5 rings (SSSR count). The molecule has 0 spiro atoms. The largest absolute Gasteiger partial charge is 0.497 e. The van der Waals surface area contributed by atoms with E-state index < -0.39 is 16.9 Å². The lowest BCUT2D eigenvalue weighted by Crippen LogP contribution is -2.29. The number of methoxy groups -OCH3 is 1. The van der Waals surface area contributed by atoms with E-state index in [0.717, 1.165) is 11.1 Å². The highest BCUT2D eigenvalue weighted by Crippen LogP contribution is 2.42. The van der Waals surface area contributed by atoms with Gasteiger partial charge in [0.15, 0.2) is 5.43 Å². The van der Waals surface area contributed by atoms with Crippen molar-refractivity contribution in [1.82, 2.24) is 0 Å². The highest BCUT2D eigenvalue weighted by atomic mass is 16.6. The fourth-order valence-electron chi connectivity index (χ4n) is 4.36. The molecule has 0 radical (unpaired) electrons. The molecule has 0 unspecified atom stereocenters. The Morgan fingerprint density at radius 1 is 1.00 bits per heavy atom. The molecule has 1 aromatic heterocycles. The normalized spacial score (nSPS) is 15.0. The summed E-state index contributed by atoms with van der Waals surface area (Å²) in [7, 11) is 1.54. The van der Waals surface area contributed by atoms with Crippen molar-refractivity contribution in [3.63, 3.8) is 0 Å². The fraction of sp³-hybridized carbons (Fsp3) is 0.154. The van der Waals surface area contributed by atoms with Crippen LogP contribution in [0.15, 0.2) is 69.9 Å². The van der Waals surface area contributed by atoms with Crippen LogP contribution in [0.2, 0.25) is 0 Å². The van der Waals surface area contributed by atoms with Gasteiger partial charge in [0, 0.05) is 17.8 Å². The van der Waals surface area contributed by atoms with Crippen molar-refractivity contribution in [3.8, 4) is 5.75 Å². The predicted molar refractivity (Wildman–Crippen MR) is 127 cm³/mol. The molecule has 1 aliphatic heterocycles. The fourth-order valence-corrected chi connectivity index (χ4v) is 4.36. The van der Waals surface area contributed by atoms with E-state index in [0.29, 0.717) is 28.0 Å². The summed E-state index contributed by atoms with van der Waals surface area (Å²) in [5.74, 6) is 0.0488. The van der Waals surface area contributed by atoms with Gasteiger partial charge in [-0.25, -0.2) is 0 Å². The zero-order valence-corrected chi connectivity index (χ0v) is 18.7. The summed E-state index contributed by atoms with van der Waals surface area (Å²) in [6, 6.07) is 15.4. The topological polar surface area (TPSA) is 103 Å². The molecule has 34 heavy (non-hydrogen) atoms. The number of anilines is 1. The van der Waals surface area contributed by atoms with Crippen LogP contribution < -0.4 is 15.1 Å². The van der Waals surface area contributed by atoms with Gasteiger partial charge in [-0.2, -0.15) is 0 Å². The lowest BCUT2D eigenvalue weighted by molar-refractivity contribution is -0.384. The minimum atomic E-state index is -0.891. The molecule has 4 aromatic rings. The van der Waals surface area contributed by atoms with Gasteiger partial charge in [-0.15, -0.1) is 0 Å². The second kappa shape index (κ2) is 7.84. The van der Waals surface area contributed by atoms with Crippen LogP contribution in [0, 0.1) is 24.0 Å². The molecule has 0 saturated heterocycles. The molecule has 1 atom stereocenters. The summed E-state index contributed by atoms with van der Waals surface area (Å²) in [5.41, 5.74) is 2.82. The van der Waals surface area contributed by atoms with Crippen LogP contribution in [-0.4, -0.2) is 17.9 Å². The lowest BCUT2D eigenvalue weighted by atomic mass is 9.97. The first kappa shape index (κ1) is 21.4. The summed E-state index contributed by atoms with van der Waals surface area (Å²) < 4.78 is 11.2.